The van der Waals surface area contributed by atoms with E-state index in [-0.39, 0.29) is 0 Å². The molecule has 0 unspecified atom stereocenters. The Kier molecular flexibility index (Phi) is 3.31. The Balaban J connectivity index is 2.16. The average Bonchev–Trinajstić information content (AvgIpc) is 2.72. The van der Waals surface area contributed by atoms with Gasteiger partial charge in [-0.1, -0.05) is 75.5 Å². The normalized spacial score (nSPS) is 14.4. The van der Waals surface area contributed by atoms with Crippen molar-refractivity contribution in [2.24, 2.45) is 0 Å². The van der Waals surface area contributed by atoms with Gasteiger partial charge in [-0.3, -0.25) is 0 Å². The minimum atomic E-state index is -1.59. The van der Waals surface area contributed by atoms with Gasteiger partial charge in [-0.2, -0.15) is 0 Å². The number of hydrogen-bond acceptors (Lipinski definition) is 1. The third-order valence-electron chi connectivity index (χ3n) is 4.22. The third kappa shape index (κ3) is 2.13. The molecule has 104 valence electrons. The summed E-state index contributed by atoms with van der Waals surface area (Å²) in [5.74, 6) is 0. The van der Waals surface area contributed by atoms with E-state index in [2.05, 4.69) is 80.5 Å². The predicted octanol–water partition coefficient (Wildman–Crippen LogP) is 4.54. The molecule has 2 heteroatoms. The van der Waals surface area contributed by atoms with Crippen LogP contribution in [0, 0.1) is 0 Å². The first-order chi connectivity index (χ1) is 9.50. The Morgan fingerprint density at radius 3 is 1.75 bits per heavy atom. The van der Waals surface area contributed by atoms with Gasteiger partial charge >= 0.3 is 0 Å². The average molecular weight is 281 g/mol. The summed E-state index contributed by atoms with van der Waals surface area (Å²) in [6.07, 6.45) is 0. The molecule has 0 saturated heterocycles. The molecule has 1 aliphatic rings. The van der Waals surface area contributed by atoms with E-state index in [1.54, 1.807) is 0 Å². The van der Waals surface area contributed by atoms with Crippen LogP contribution in [0.5, 0.6) is 0 Å². The van der Waals surface area contributed by atoms with Gasteiger partial charge < -0.3 is 4.98 Å². The minimum absolute atomic E-state index is 0.539. The van der Waals surface area contributed by atoms with Crippen LogP contribution in [0.2, 0.25) is 13.1 Å². The molecule has 1 aliphatic carbocycles. The van der Waals surface area contributed by atoms with Crippen LogP contribution in [-0.4, -0.2) is 14.3 Å². The van der Waals surface area contributed by atoms with E-state index >= 15 is 0 Å². The van der Waals surface area contributed by atoms with Gasteiger partial charge in [0, 0.05) is 5.54 Å². The maximum absolute atomic E-state index is 3.88. The van der Waals surface area contributed by atoms with Crippen LogP contribution in [0.15, 0.2) is 48.5 Å². The summed E-state index contributed by atoms with van der Waals surface area (Å²) in [4.78, 5) is 3.88. The SMILES string of the molecule is CC(C)N[Si](C)(C)C1c2ccccc2-c2ccccc21. The summed E-state index contributed by atoms with van der Waals surface area (Å²) in [6.45, 7) is 9.41. The van der Waals surface area contributed by atoms with Crippen molar-refractivity contribution in [1.82, 2.24) is 4.98 Å². The molecule has 0 aliphatic heterocycles. The molecule has 20 heavy (non-hydrogen) atoms. The molecule has 1 N–H and O–H groups in total. The first-order valence-corrected chi connectivity index (χ1v) is 10.5. The molecule has 0 aromatic heterocycles. The van der Waals surface area contributed by atoms with Crippen LogP contribution in [0.25, 0.3) is 11.1 Å². The number of hydrogen-bond donors (Lipinski definition) is 1. The van der Waals surface area contributed by atoms with E-state index in [1.165, 1.54) is 22.3 Å². The lowest BCUT2D eigenvalue weighted by Gasteiger charge is -2.34. The summed E-state index contributed by atoms with van der Waals surface area (Å²) < 4.78 is 0. The zero-order valence-electron chi connectivity index (χ0n) is 12.8. The Labute approximate surface area is 123 Å². The van der Waals surface area contributed by atoms with E-state index < -0.39 is 8.24 Å². The monoisotopic (exact) mass is 281 g/mol. The molecule has 2 aromatic rings. The Bertz CT molecular complexity index is 585. The number of benzene rings is 2. The Morgan fingerprint density at radius 1 is 0.850 bits per heavy atom. The van der Waals surface area contributed by atoms with Crippen molar-refractivity contribution in [3.63, 3.8) is 0 Å². The highest BCUT2D eigenvalue weighted by Gasteiger charge is 2.40. The third-order valence-corrected chi connectivity index (χ3v) is 7.60. The second-order valence-electron chi connectivity index (χ2n) is 6.63. The van der Waals surface area contributed by atoms with Crippen LogP contribution in [0.3, 0.4) is 0 Å². The lowest BCUT2D eigenvalue weighted by atomic mass is 10.1. The summed E-state index contributed by atoms with van der Waals surface area (Å²) in [5.41, 5.74) is 6.44. The standard InChI is InChI=1S/C18H23NSi/c1-13(2)19-20(3,4)18-16-11-7-5-9-14(16)15-10-6-8-12-17(15)18/h5-13,18-19H,1-4H3. The highest BCUT2D eigenvalue weighted by Crippen LogP contribution is 2.47. The van der Waals surface area contributed by atoms with Crippen LogP contribution in [0.1, 0.15) is 30.5 Å². The van der Waals surface area contributed by atoms with Crippen molar-refractivity contribution in [3.05, 3.63) is 59.7 Å². The Hall–Kier alpha value is -1.38. The highest BCUT2D eigenvalue weighted by molar-refractivity contribution is 6.77. The van der Waals surface area contributed by atoms with E-state index in [0.717, 1.165) is 0 Å². The topological polar surface area (TPSA) is 12.0 Å². The first kappa shape index (κ1) is 13.6. The summed E-state index contributed by atoms with van der Waals surface area (Å²) in [5, 5.41) is 0. The first-order valence-electron chi connectivity index (χ1n) is 7.46. The molecule has 0 bridgehead atoms. The molecular formula is C18H23NSi. The zero-order chi connectivity index (χ0) is 14.3. The van der Waals surface area contributed by atoms with Gasteiger partial charge in [0.05, 0.1) is 0 Å². The highest BCUT2D eigenvalue weighted by atomic mass is 28.3. The molecule has 0 heterocycles. The molecule has 0 atom stereocenters. The van der Waals surface area contributed by atoms with Gasteiger partial charge in [-0.15, -0.1) is 0 Å². The molecule has 1 nitrogen and oxygen atoms in total. The van der Waals surface area contributed by atoms with Crippen molar-refractivity contribution >= 4 is 8.24 Å². The van der Waals surface area contributed by atoms with E-state index in [1.807, 2.05) is 0 Å². The van der Waals surface area contributed by atoms with Crippen molar-refractivity contribution in [3.8, 4) is 11.1 Å². The summed E-state index contributed by atoms with van der Waals surface area (Å²) >= 11 is 0. The van der Waals surface area contributed by atoms with E-state index in [4.69, 9.17) is 0 Å². The minimum Gasteiger partial charge on any atom is -0.334 e. The molecule has 3 rings (SSSR count). The van der Waals surface area contributed by atoms with Crippen molar-refractivity contribution in [2.75, 3.05) is 0 Å². The molecule has 0 amide bonds. The predicted molar refractivity (Wildman–Crippen MR) is 89.5 cm³/mol. The van der Waals surface area contributed by atoms with Gasteiger partial charge in [0.2, 0.25) is 0 Å². The van der Waals surface area contributed by atoms with Gasteiger partial charge in [0.1, 0.15) is 8.24 Å². The van der Waals surface area contributed by atoms with Gasteiger partial charge in [0.15, 0.2) is 0 Å². The lowest BCUT2D eigenvalue weighted by Crippen LogP contribution is -2.53. The van der Waals surface area contributed by atoms with Crippen molar-refractivity contribution < 1.29 is 0 Å². The summed E-state index contributed by atoms with van der Waals surface area (Å²) in [7, 11) is -1.59. The quantitative estimate of drug-likeness (QED) is 0.814. The van der Waals surface area contributed by atoms with Crippen molar-refractivity contribution in [2.45, 2.75) is 38.5 Å². The maximum atomic E-state index is 3.88. The second-order valence-corrected chi connectivity index (χ2v) is 10.9. The molecule has 0 radical (unpaired) electrons. The smallest absolute Gasteiger partial charge is 0.131 e. The number of nitrogens with one attached hydrogen (secondary N) is 1. The Morgan fingerprint density at radius 2 is 1.30 bits per heavy atom. The number of rotatable bonds is 3. The summed E-state index contributed by atoms with van der Waals surface area (Å²) in [6, 6.07) is 18.4. The van der Waals surface area contributed by atoms with E-state index in [9.17, 15) is 0 Å². The van der Waals surface area contributed by atoms with Gasteiger partial charge in [-0.25, -0.2) is 0 Å². The molecule has 0 saturated carbocycles. The van der Waals surface area contributed by atoms with Crippen LogP contribution in [0.4, 0.5) is 0 Å². The van der Waals surface area contributed by atoms with E-state index in [0.29, 0.717) is 11.6 Å². The fourth-order valence-electron chi connectivity index (χ4n) is 3.76. The zero-order valence-corrected chi connectivity index (χ0v) is 13.8. The fourth-order valence-corrected chi connectivity index (χ4v) is 7.47. The largest absolute Gasteiger partial charge is 0.334 e. The van der Waals surface area contributed by atoms with Crippen LogP contribution < -0.4 is 4.98 Å². The number of fused-ring (bicyclic) bond motifs is 3. The van der Waals surface area contributed by atoms with Crippen LogP contribution >= 0.6 is 0 Å². The molecule has 2 aromatic carbocycles. The molecular weight excluding hydrogens is 258 g/mol. The fraction of sp³-hybridized carbons (Fsp3) is 0.333. The van der Waals surface area contributed by atoms with Gasteiger partial charge in [0.25, 0.3) is 0 Å². The lowest BCUT2D eigenvalue weighted by molar-refractivity contribution is 0.721. The maximum Gasteiger partial charge on any atom is 0.131 e. The molecule has 0 fully saturated rings. The van der Waals surface area contributed by atoms with Crippen LogP contribution in [-0.2, 0) is 0 Å². The van der Waals surface area contributed by atoms with Crippen molar-refractivity contribution in [1.29, 1.82) is 0 Å². The second kappa shape index (κ2) is 4.87. The molecule has 0 spiro atoms. The van der Waals surface area contributed by atoms with Gasteiger partial charge in [-0.05, 0) is 28.3 Å².